The number of rotatable bonds is 4. The summed E-state index contributed by atoms with van der Waals surface area (Å²) in [6.07, 6.45) is 2.26. The predicted molar refractivity (Wildman–Crippen MR) is 79.9 cm³/mol. The molecule has 0 saturated carbocycles. The van der Waals surface area contributed by atoms with Crippen LogP contribution in [0.4, 0.5) is 0 Å². The number of carbonyl (C=O) groups is 2. The van der Waals surface area contributed by atoms with Gasteiger partial charge in [-0.05, 0) is 28.4 Å². The van der Waals surface area contributed by atoms with Gasteiger partial charge in [0.1, 0.15) is 11.7 Å². The second kappa shape index (κ2) is 6.62. The number of β-amino-alcohol motifs (C(OH)–C–C–N with tert-alkyl or cyclic N) is 1. The van der Waals surface area contributed by atoms with Gasteiger partial charge in [0.2, 0.25) is 0 Å². The number of halogens is 1. The van der Waals surface area contributed by atoms with E-state index in [-0.39, 0.29) is 18.9 Å². The van der Waals surface area contributed by atoms with Crippen LogP contribution in [0.1, 0.15) is 30.3 Å². The fraction of sp³-hybridized carbons (Fsp3) is 0.571. The summed E-state index contributed by atoms with van der Waals surface area (Å²) in [6, 6.07) is 1.01. The summed E-state index contributed by atoms with van der Waals surface area (Å²) in [5.74, 6) is -0.756. The van der Waals surface area contributed by atoms with E-state index in [2.05, 4.69) is 15.9 Å². The van der Waals surface area contributed by atoms with Crippen LogP contribution in [0.5, 0.6) is 0 Å². The number of hydrogen-bond acceptors (Lipinski definition) is 4. The second-order valence-corrected chi connectivity index (χ2v) is 6.04. The molecule has 0 bridgehead atoms. The molecule has 1 fully saturated rings. The minimum absolute atomic E-state index is 0.146. The second-order valence-electron chi connectivity index (χ2n) is 5.12. The first kappa shape index (κ1) is 16.0. The fourth-order valence-corrected chi connectivity index (χ4v) is 3.09. The molecule has 0 radical (unpaired) electrons. The van der Waals surface area contributed by atoms with Gasteiger partial charge in [0.25, 0.3) is 5.91 Å². The topological polar surface area (TPSA) is 71.8 Å². The third-order valence-corrected chi connectivity index (χ3v) is 3.99. The molecule has 1 aliphatic rings. The summed E-state index contributed by atoms with van der Waals surface area (Å²) in [5, 5.41) is 9.77. The van der Waals surface area contributed by atoms with E-state index in [0.717, 1.165) is 10.9 Å². The van der Waals surface area contributed by atoms with Crippen molar-refractivity contribution in [3.8, 4) is 0 Å². The molecule has 2 atom stereocenters. The van der Waals surface area contributed by atoms with Crippen molar-refractivity contribution in [3.63, 3.8) is 0 Å². The van der Waals surface area contributed by atoms with Gasteiger partial charge < -0.3 is 19.3 Å². The quantitative estimate of drug-likeness (QED) is 0.826. The van der Waals surface area contributed by atoms with Crippen molar-refractivity contribution in [2.75, 3.05) is 13.7 Å². The summed E-state index contributed by atoms with van der Waals surface area (Å²) >= 11 is 3.37. The van der Waals surface area contributed by atoms with E-state index >= 15 is 0 Å². The lowest BCUT2D eigenvalue weighted by Gasteiger charge is -2.23. The zero-order chi connectivity index (χ0) is 15.6. The van der Waals surface area contributed by atoms with E-state index in [0.29, 0.717) is 12.2 Å². The first-order valence-corrected chi connectivity index (χ1v) is 7.69. The Balaban J connectivity index is 2.27. The van der Waals surface area contributed by atoms with Crippen LogP contribution in [-0.2, 0) is 16.1 Å². The molecular weight excluding hydrogens is 340 g/mol. The Kier molecular flexibility index (Phi) is 5.05. The Morgan fingerprint density at radius 3 is 2.86 bits per heavy atom. The largest absolute Gasteiger partial charge is 0.467 e. The molecule has 1 saturated heterocycles. The highest BCUT2D eigenvalue weighted by Crippen LogP contribution is 2.24. The van der Waals surface area contributed by atoms with E-state index < -0.39 is 18.1 Å². The molecule has 6 nitrogen and oxygen atoms in total. The smallest absolute Gasteiger partial charge is 0.328 e. The van der Waals surface area contributed by atoms with Crippen LogP contribution in [0.2, 0.25) is 0 Å². The number of likely N-dealkylation sites (tertiary alicyclic amines) is 1. The van der Waals surface area contributed by atoms with Gasteiger partial charge in [0.15, 0.2) is 0 Å². The van der Waals surface area contributed by atoms with E-state index in [1.54, 1.807) is 6.07 Å². The average Bonchev–Trinajstić information content (AvgIpc) is 3.01. The minimum Gasteiger partial charge on any atom is -0.467 e. The molecule has 1 aromatic heterocycles. The Hall–Kier alpha value is -1.34. The van der Waals surface area contributed by atoms with Gasteiger partial charge in [-0.2, -0.15) is 0 Å². The number of carbonyl (C=O) groups excluding carboxylic acids is 2. The van der Waals surface area contributed by atoms with Crippen molar-refractivity contribution in [2.45, 2.75) is 38.5 Å². The molecule has 116 valence electrons. The van der Waals surface area contributed by atoms with Crippen molar-refractivity contribution in [2.24, 2.45) is 0 Å². The molecule has 7 heteroatoms. The lowest BCUT2D eigenvalue weighted by molar-refractivity contribution is -0.145. The third-order valence-electron chi connectivity index (χ3n) is 3.56. The molecule has 1 amide bonds. The van der Waals surface area contributed by atoms with Gasteiger partial charge in [-0.1, -0.05) is 6.92 Å². The number of aromatic nitrogens is 1. The van der Waals surface area contributed by atoms with Crippen molar-refractivity contribution in [3.05, 3.63) is 22.4 Å². The zero-order valence-corrected chi connectivity index (χ0v) is 13.7. The Morgan fingerprint density at radius 2 is 2.24 bits per heavy atom. The highest BCUT2D eigenvalue weighted by molar-refractivity contribution is 9.10. The van der Waals surface area contributed by atoms with Crippen molar-refractivity contribution in [1.29, 1.82) is 0 Å². The lowest BCUT2D eigenvalue weighted by Crippen LogP contribution is -2.42. The number of aliphatic hydroxyl groups is 1. The summed E-state index contributed by atoms with van der Waals surface area (Å²) in [6.45, 7) is 2.89. The Bertz CT molecular complexity index is 543. The van der Waals surface area contributed by atoms with Gasteiger partial charge in [-0.3, -0.25) is 4.79 Å². The first-order chi connectivity index (χ1) is 9.97. The lowest BCUT2D eigenvalue weighted by atomic mass is 10.2. The summed E-state index contributed by atoms with van der Waals surface area (Å²) < 4.78 is 7.39. The number of methoxy groups -OCH3 is 1. The average molecular weight is 359 g/mol. The molecule has 0 aromatic carbocycles. The molecule has 0 spiro atoms. The van der Waals surface area contributed by atoms with E-state index in [9.17, 15) is 14.7 Å². The number of amides is 1. The zero-order valence-electron chi connectivity index (χ0n) is 12.1. The first-order valence-electron chi connectivity index (χ1n) is 6.90. The van der Waals surface area contributed by atoms with Crippen molar-refractivity contribution >= 4 is 27.8 Å². The highest BCUT2D eigenvalue weighted by Gasteiger charge is 2.40. The van der Waals surface area contributed by atoms with Gasteiger partial charge >= 0.3 is 5.97 Å². The van der Waals surface area contributed by atoms with E-state index in [1.165, 1.54) is 12.0 Å². The van der Waals surface area contributed by atoms with Crippen LogP contribution in [0.15, 0.2) is 16.7 Å². The number of aliphatic hydroxyl groups excluding tert-OH is 1. The van der Waals surface area contributed by atoms with Gasteiger partial charge in [0, 0.05) is 30.2 Å². The maximum absolute atomic E-state index is 12.7. The third kappa shape index (κ3) is 3.29. The number of ether oxygens (including phenoxy) is 1. The number of nitrogens with zero attached hydrogens (tertiary/aromatic N) is 2. The highest BCUT2D eigenvalue weighted by atomic mass is 79.9. The molecular formula is C14H19BrN2O4. The molecule has 0 aliphatic carbocycles. The SMILES string of the molecule is CCCn1cc(Br)cc1C(=O)N1CC(O)CC1C(=O)OC. The van der Waals surface area contributed by atoms with Crippen LogP contribution >= 0.6 is 15.9 Å². The van der Waals surface area contributed by atoms with Crippen LogP contribution < -0.4 is 0 Å². The van der Waals surface area contributed by atoms with Crippen molar-refractivity contribution in [1.82, 2.24) is 9.47 Å². The monoisotopic (exact) mass is 358 g/mol. The van der Waals surface area contributed by atoms with Crippen molar-refractivity contribution < 1.29 is 19.4 Å². The minimum atomic E-state index is -0.721. The van der Waals surface area contributed by atoms with Crippen LogP contribution in [-0.4, -0.2) is 52.3 Å². The molecule has 2 heterocycles. The predicted octanol–water partition coefficient (Wildman–Crippen LogP) is 1.41. The van der Waals surface area contributed by atoms with Gasteiger partial charge in [-0.25, -0.2) is 4.79 Å². The molecule has 2 rings (SSSR count). The van der Waals surface area contributed by atoms with E-state index in [1.807, 2.05) is 17.7 Å². The van der Waals surface area contributed by atoms with Crippen LogP contribution in [0.3, 0.4) is 0 Å². The van der Waals surface area contributed by atoms with Crippen LogP contribution in [0, 0.1) is 0 Å². The maximum atomic E-state index is 12.7. The maximum Gasteiger partial charge on any atom is 0.328 e. The van der Waals surface area contributed by atoms with Crippen LogP contribution in [0.25, 0.3) is 0 Å². The summed E-state index contributed by atoms with van der Waals surface area (Å²) in [7, 11) is 1.28. The molecule has 1 N–H and O–H groups in total. The number of esters is 1. The number of hydrogen-bond donors (Lipinski definition) is 1. The Labute approximate surface area is 131 Å². The molecule has 1 aromatic rings. The Morgan fingerprint density at radius 1 is 1.52 bits per heavy atom. The van der Waals surface area contributed by atoms with E-state index in [4.69, 9.17) is 4.74 Å². The summed E-state index contributed by atoms with van der Waals surface area (Å²) in [4.78, 5) is 25.9. The summed E-state index contributed by atoms with van der Waals surface area (Å²) in [5.41, 5.74) is 0.506. The molecule has 21 heavy (non-hydrogen) atoms. The fourth-order valence-electron chi connectivity index (χ4n) is 2.62. The van der Waals surface area contributed by atoms with Gasteiger partial charge in [-0.15, -0.1) is 0 Å². The normalized spacial score (nSPS) is 21.6. The standard InChI is InChI=1S/C14H19BrN2O4/c1-3-4-16-7-9(15)5-11(16)13(19)17-8-10(18)6-12(17)14(20)21-2/h5,7,10,12,18H,3-4,6,8H2,1-2H3. The van der Waals surface area contributed by atoms with Gasteiger partial charge in [0.05, 0.1) is 13.2 Å². The molecule has 2 unspecified atom stereocenters. The molecule has 1 aliphatic heterocycles. The number of aryl methyl sites for hydroxylation is 1.